The minimum Gasteiger partial charge on any atom is -0.485 e. The summed E-state index contributed by atoms with van der Waals surface area (Å²) in [4.78, 5) is 12.1. The third-order valence-corrected chi connectivity index (χ3v) is 3.61. The molecule has 0 saturated heterocycles. The highest BCUT2D eigenvalue weighted by Crippen LogP contribution is 2.30. The van der Waals surface area contributed by atoms with Crippen molar-refractivity contribution in [2.75, 3.05) is 6.61 Å². The van der Waals surface area contributed by atoms with Gasteiger partial charge in [-0.25, -0.2) is 5.43 Å². The molecule has 0 spiro atoms. The van der Waals surface area contributed by atoms with E-state index in [1.165, 1.54) is 0 Å². The Kier molecular flexibility index (Phi) is 4.28. The van der Waals surface area contributed by atoms with Crippen LogP contribution in [0.1, 0.15) is 16.7 Å². The van der Waals surface area contributed by atoms with Crippen LogP contribution < -0.4 is 14.9 Å². The van der Waals surface area contributed by atoms with Gasteiger partial charge >= 0.3 is 0 Å². The van der Waals surface area contributed by atoms with Gasteiger partial charge in [0.2, 0.25) is 6.10 Å². The fourth-order valence-electron chi connectivity index (χ4n) is 2.29. The molecule has 0 aliphatic carbocycles. The number of ether oxygens (including phenoxy) is 2. The first-order chi connectivity index (χ1) is 11.1. The summed E-state index contributed by atoms with van der Waals surface area (Å²) in [5, 5.41) is 4.01. The minimum absolute atomic E-state index is 0.168. The van der Waals surface area contributed by atoms with Gasteiger partial charge < -0.3 is 9.47 Å². The monoisotopic (exact) mass is 310 g/mol. The molecular weight excluding hydrogens is 292 g/mol. The lowest BCUT2D eigenvalue weighted by molar-refractivity contribution is -0.130. The average Bonchev–Trinajstić information content (AvgIpc) is 2.57. The molecule has 1 aliphatic heterocycles. The Balaban J connectivity index is 1.62. The Hall–Kier alpha value is -2.82. The second-order valence-corrected chi connectivity index (χ2v) is 5.46. The van der Waals surface area contributed by atoms with Crippen molar-refractivity contribution >= 4 is 12.1 Å². The highest BCUT2D eigenvalue weighted by Gasteiger charge is 2.26. The SMILES string of the molecule is Cc1ccc(C)c(/C=N\NC(=O)[C@@H]2COc3ccccc3O2)c1. The van der Waals surface area contributed by atoms with Crippen molar-refractivity contribution in [3.63, 3.8) is 0 Å². The molecule has 2 aromatic rings. The molecule has 5 nitrogen and oxygen atoms in total. The summed E-state index contributed by atoms with van der Waals surface area (Å²) in [6.07, 6.45) is 0.929. The highest BCUT2D eigenvalue weighted by atomic mass is 16.6. The molecular formula is C18H18N2O3. The summed E-state index contributed by atoms with van der Waals surface area (Å²) >= 11 is 0. The van der Waals surface area contributed by atoms with Crippen molar-refractivity contribution in [1.29, 1.82) is 0 Å². The number of nitrogens with one attached hydrogen (secondary N) is 1. The third-order valence-electron chi connectivity index (χ3n) is 3.61. The Labute approximate surface area is 134 Å². The Morgan fingerprint density at radius 1 is 1.22 bits per heavy atom. The molecule has 0 saturated carbocycles. The van der Waals surface area contributed by atoms with E-state index in [0.717, 1.165) is 16.7 Å². The van der Waals surface area contributed by atoms with Crippen molar-refractivity contribution in [2.45, 2.75) is 20.0 Å². The van der Waals surface area contributed by atoms with E-state index in [1.54, 1.807) is 12.3 Å². The molecule has 1 heterocycles. The number of nitrogens with zero attached hydrogens (tertiary/aromatic N) is 1. The van der Waals surface area contributed by atoms with Gasteiger partial charge in [0.05, 0.1) is 6.21 Å². The van der Waals surface area contributed by atoms with Crippen LogP contribution in [0.3, 0.4) is 0 Å². The number of carbonyl (C=O) groups is 1. The highest BCUT2D eigenvalue weighted by molar-refractivity contribution is 5.85. The standard InChI is InChI=1S/C18H18N2O3/c1-12-7-8-13(2)14(9-12)10-19-20-18(21)17-11-22-15-5-3-4-6-16(15)23-17/h3-10,17H,11H2,1-2H3,(H,20,21)/b19-10-/t17-/m0/s1. The van der Waals surface area contributed by atoms with Gasteiger partial charge in [-0.05, 0) is 37.1 Å². The van der Waals surface area contributed by atoms with E-state index >= 15 is 0 Å². The summed E-state index contributed by atoms with van der Waals surface area (Å²) in [6, 6.07) is 13.3. The number of para-hydroxylation sites is 2. The van der Waals surface area contributed by atoms with Gasteiger partial charge in [0.1, 0.15) is 6.61 Å². The van der Waals surface area contributed by atoms with Gasteiger partial charge in [0.15, 0.2) is 11.5 Å². The third kappa shape index (κ3) is 3.51. The normalized spacial score (nSPS) is 16.3. The molecule has 1 atom stereocenters. The fraction of sp³-hybridized carbons (Fsp3) is 0.222. The Morgan fingerprint density at radius 3 is 2.83 bits per heavy atom. The first-order valence-corrected chi connectivity index (χ1v) is 7.42. The van der Waals surface area contributed by atoms with E-state index in [9.17, 15) is 4.79 Å². The molecule has 0 radical (unpaired) electrons. The molecule has 1 N–H and O–H groups in total. The minimum atomic E-state index is -0.708. The topological polar surface area (TPSA) is 59.9 Å². The van der Waals surface area contributed by atoms with Gasteiger partial charge in [-0.1, -0.05) is 35.9 Å². The van der Waals surface area contributed by atoms with Crippen LogP contribution in [0.25, 0.3) is 0 Å². The van der Waals surface area contributed by atoms with E-state index < -0.39 is 6.10 Å². The maximum atomic E-state index is 12.1. The zero-order chi connectivity index (χ0) is 16.2. The van der Waals surface area contributed by atoms with Gasteiger partial charge in [0, 0.05) is 0 Å². The summed E-state index contributed by atoms with van der Waals surface area (Å²) in [7, 11) is 0. The van der Waals surface area contributed by atoms with Crippen molar-refractivity contribution in [3.8, 4) is 11.5 Å². The van der Waals surface area contributed by atoms with Crippen LogP contribution in [0.4, 0.5) is 0 Å². The van der Waals surface area contributed by atoms with E-state index in [-0.39, 0.29) is 12.5 Å². The van der Waals surface area contributed by atoms with Crippen molar-refractivity contribution in [2.24, 2.45) is 5.10 Å². The van der Waals surface area contributed by atoms with Crippen LogP contribution in [0.5, 0.6) is 11.5 Å². The van der Waals surface area contributed by atoms with Crippen LogP contribution in [0.2, 0.25) is 0 Å². The molecule has 0 unspecified atom stereocenters. The van der Waals surface area contributed by atoms with Crippen LogP contribution in [-0.4, -0.2) is 24.8 Å². The van der Waals surface area contributed by atoms with E-state index in [2.05, 4.69) is 10.5 Å². The molecule has 0 aromatic heterocycles. The molecule has 118 valence electrons. The molecule has 5 heteroatoms. The van der Waals surface area contributed by atoms with Gasteiger partial charge in [-0.15, -0.1) is 0 Å². The number of aryl methyl sites for hydroxylation is 2. The molecule has 1 amide bonds. The number of fused-ring (bicyclic) bond motifs is 1. The number of carbonyl (C=O) groups excluding carboxylic acids is 1. The zero-order valence-electron chi connectivity index (χ0n) is 13.1. The van der Waals surface area contributed by atoms with Crippen LogP contribution in [-0.2, 0) is 4.79 Å². The summed E-state index contributed by atoms with van der Waals surface area (Å²) < 4.78 is 11.1. The lowest BCUT2D eigenvalue weighted by atomic mass is 10.1. The fourth-order valence-corrected chi connectivity index (χ4v) is 2.29. The summed E-state index contributed by atoms with van der Waals surface area (Å²) in [5.74, 6) is 0.883. The van der Waals surface area contributed by atoms with Crippen LogP contribution in [0, 0.1) is 13.8 Å². The van der Waals surface area contributed by atoms with Gasteiger partial charge in [0.25, 0.3) is 5.91 Å². The maximum Gasteiger partial charge on any atom is 0.284 e. The second-order valence-electron chi connectivity index (χ2n) is 5.46. The van der Waals surface area contributed by atoms with Crippen molar-refractivity contribution in [1.82, 2.24) is 5.43 Å². The van der Waals surface area contributed by atoms with E-state index in [0.29, 0.717) is 11.5 Å². The number of hydrogen-bond donors (Lipinski definition) is 1. The summed E-state index contributed by atoms with van der Waals surface area (Å²) in [6.45, 7) is 4.18. The predicted molar refractivity (Wildman–Crippen MR) is 88.0 cm³/mol. The van der Waals surface area contributed by atoms with Crippen molar-refractivity contribution in [3.05, 3.63) is 59.2 Å². The first kappa shape index (κ1) is 15.1. The lowest BCUT2D eigenvalue weighted by Crippen LogP contribution is -2.42. The second kappa shape index (κ2) is 6.52. The molecule has 0 fully saturated rings. The number of benzene rings is 2. The molecule has 2 aromatic carbocycles. The maximum absolute atomic E-state index is 12.1. The smallest absolute Gasteiger partial charge is 0.284 e. The largest absolute Gasteiger partial charge is 0.485 e. The molecule has 3 rings (SSSR count). The molecule has 0 bridgehead atoms. The van der Waals surface area contributed by atoms with Crippen LogP contribution in [0.15, 0.2) is 47.6 Å². The molecule has 23 heavy (non-hydrogen) atoms. The van der Waals surface area contributed by atoms with E-state index in [1.807, 2.05) is 50.2 Å². The summed E-state index contributed by atoms with van der Waals surface area (Å²) in [5.41, 5.74) is 5.71. The van der Waals surface area contributed by atoms with E-state index in [4.69, 9.17) is 9.47 Å². The number of rotatable bonds is 3. The first-order valence-electron chi connectivity index (χ1n) is 7.42. The Bertz CT molecular complexity index is 756. The average molecular weight is 310 g/mol. The number of amides is 1. The number of hydrazone groups is 1. The Morgan fingerprint density at radius 2 is 2.00 bits per heavy atom. The van der Waals surface area contributed by atoms with Gasteiger partial charge in [-0.3, -0.25) is 4.79 Å². The predicted octanol–water partition coefficient (Wildman–Crippen LogP) is 2.59. The molecule has 1 aliphatic rings. The van der Waals surface area contributed by atoms with Crippen molar-refractivity contribution < 1.29 is 14.3 Å². The quantitative estimate of drug-likeness (QED) is 0.700. The van der Waals surface area contributed by atoms with Crippen LogP contribution >= 0.6 is 0 Å². The van der Waals surface area contributed by atoms with Gasteiger partial charge in [-0.2, -0.15) is 5.10 Å². The number of hydrogen-bond acceptors (Lipinski definition) is 4. The lowest BCUT2D eigenvalue weighted by Gasteiger charge is -2.24. The zero-order valence-corrected chi connectivity index (χ0v) is 13.1.